The van der Waals surface area contributed by atoms with Gasteiger partial charge in [-0.3, -0.25) is 0 Å². The summed E-state index contributed by atoms with van der Waals surface area (Å²) in [6.45, 7) is 3.68. The van der Waals surface area contributed by atoms with Crippen molar-refractivity contribution in [2.45, 2.75) is 38.5 Å². The van der Waals surface area contributed by atoms with E-state index in [-0.39, 0.29) is 0 Å². The fraction of sp³-hybridized carbons (Fsp3) is 0.538. The fourth-order valence-corrected chi connectivity index (χ4v) is 2.34. The zero-order valence-corrected chi connectivity index (χ0v) is 11.4. The van der Waals surface area contributed by atoms with E-state index in [1.165, 1.54) is 5.56 Å². The van der Waals surface area contributed by atoms with Gasteiger partial charge in [0.25, 0.3) is 0 Å². The van der Waals surface area contributed by atoms with Crippen molar-refractivity contribution in [1.82, 2.24) is 5.32 Å². The molecule has 0 saturated heterocycles. The Balaban J connectivity index is 1.74. The van der Waals surface area contributed by atoms with Crippen molar-refractivity contribution in [3.05, 3.63) is 33.8 Å². The van der Waals surface area contributed by atoms with Crippen LogP contribution >= 0.6 is 23.2 Å². The Labute approximate surface area is 112 Å². The largest absolute Gasteiger partial charge is 0.378 e. The molecular formula is C13H17Cl2NO. The smallest absolute Gasteiger partial charge is 0.0604 e. The molecule has 0 atom stereocenters. The van der Waals surface area contributed by atoms with Crippen LogP contribution in [-0.4, -0.2) is 18.8 Å². The molecule has 0 radical (unpaired) electrons. The number of rotatable bonds is 5. The maximum absolute atomic E-state index is 5.96. The van der Waals surface area contributed by atoms with Gasteiger partial charge in [-0.15, -0.1) is 0 Å². The van der Waals surface area contributed by atoms with E-state index in [0.717, 1.165) is 26.0 Å². The second kappa shape index (κ2) is 6.05. The molecule has 4 heteroatoms. The highest BCUT2D eigenvalue weighted by Gasteiger charge is 2.28. The van der Waals surface area contributed by atoms with Crippen LogP contribution in [0.15, 0.2) is 18.2 Å². The third-order valence-corrected chi connectivity index (χ3v) is 3.82. The average molecular weight is 274 g/mol. The van der Waals surface area contributed by atoms with Gasteiger partial charge in [-0.2, -0.15) is 0 Å². The van der Waals surface area contributed by atoms with Gasteiger partial charge in [-0.25, -0.2) is 0 Å². The first-order chi connectivity index (χ1) is 8.19. The van der Waals surface area contributed by atoms with E-state index in [0.29, 0.717) is 22.2 Å². The van der Waals surface area contributed by atoms with Crippen LogP contribution in [0.25, 0.3) is 0 Å². The highest BCUT2D eigenvalue weighted by Crippen LogP contribution is 2.25. The average Bonchev–Trinajstić information content (AvgIpc) is 2.26. The van der Waals surface area contributed by atoms with E-state index >= 15 is 0 Å². The third kappa shape index (κ3) is 3.59. The highest BCUT2D eigenvalue weighted by molar-refractivity contribution is 6.42. The van der Waals surface area contributed by atoms with Crippen molar-refractivity contribution in [3.8, 4) is 0 Å². The lowest BCUT2D eigenvalue weighted by Gasteiger charge is -2.35. The summed E-state index contributed by atoms with van der Waals surface area (Å²) in [5, 5.41) is 4.71. The molecule has 1 saturated carbocycles. The number of nitrogens with one attached hydrogen (secondary N) is 1. The van der Waals surface area contributed by atoms with Crippen molar-refractivity contribution in [3.63, 3.8) is 0 Å². The molecule has 0 aromatic heterocycles. The van der Waals surface area contributed by atoms with Gasteiger partial charge in [0.05, 0.1) is 16.1 Å². The molecule has 1 aromatic carbocycles. The molecule has 1 N–H and O–H groups in total. The summed E-state index contributed by atoms with van der Waals surface area (Å²) in [7, 11) is 0. The number of benzene rings is 1. The minimum atomic E-state index is 0.450. The Kier molecular flexibility index (Phi) is 4.69. The quantitative estimate of drug-likeness (QED) is 0.884. The Morgan fingerprint density at radius 3 is 2.71 bits per heavy atom. The van der Waals surface area contributed by atoms with Crippen molar-refractivity contribution in [2.75, 3.05) is 6.61 Å². The zero-order chi connectivity index (χ0) is 12.3. The molecule has 2 nitrogen and oxygen atoms in total. The molecule has 94 valence electrons. The van der Waals surface area contributed by atoms with Gasteiger partial charge in [0.1, 0.15) is 0 Å². The Bertz CT molecular complexity index is 378. The van der Waals surface area contributed by atoms with Gasteiger partial charge in [0.15, 0.2) is 0 Å². The maximum Gasteiger partial charge on any atom is 0.0604 e. The van der Waals surface area contributed by atoms with E-state index in [9.17, 15) is 0 Å². The van der Waals surface area contributed by atoms with E-state index < -0.39 is 0 Å². The summed E-state index contributed by atoms with van der Waals surface area (Å²) in [5.74, 6) is 0. The van der Waals surface area contributed by atoms with Crippen LogP contribution in [0.4, 0.5) is 0 Å². The molecule has 0 aliphatic heterocycles. The van der Waals surface area contributed by atoms with Crippen molar-refractivity contribution < 1.29 is 4.74 Å². The van der Waals surface area contributed by atoms with Crippen LogP contribution in [-0.2, 0) is 11.3 Å². The first-order valence-electron chi connectivity index (χ1n) is 5.98. The van der Waals surface area contributed by atoms with Gasteiger partial charge in [0, 0.05) is 19.2 Å². The highest BCUT2D eigenvalue weighted by atomic mass is 35.5. The molecular weight excluding hydrogens is 257 g/mol. The van der Waals surface area contributed by atoms with Crippen molar-refractivity contribution in [1.29, 1.82) is 0 Å². The Morgan fingerprint density at radius 1 is 1.29 bits per heavy atom. The summed E-state index contributed by atoms with van der Waals surface area (Å²) in [6.07, 6.45) is 2.66. The van der Waals surface area contributed by atoms with Gasteiger partial charge >= 0.3 is 0 Å². The first-order valence-corrected chi connectivity index (χ1v) is 6.73. The van der Waals surface area contributed by atoms with Crippen LogP contribution in [0.2, 0.25) is 10.0 Å². The molecule has 0 amide bonds. The molecule has 1 aromatic rings. The standard InChI is InChI=1S/C13H17Cl2NO/c1-2-17-11-6-10(7-11)16-8-9-3-4-12(14)13(15)5-9/h3-5,10-11,16H,2,6-8H2,1H3. The molecule has 0 bridgehead atoms. The molecule has 1 aliphatic rings. The lowest BCUT2D eigenvalue weighted by molar-refractivity contribution is -0.0102. The Morgan fingerprint density at radius 2 is 2.06 bits per heavy atom. The SMILES string of the molecule is CCOC1CC(NCc2ccc(Cl)c(Cl)c2)C1. The van der Waals surface area contributed by atoms with E-state index in [2.05, 4.69) is 5.32 Å². The number of hydrogen-bond acceptors (Lipinski definition) is 2. The molecule has 2 rings (SSSR count). The lowest BCUT2D eigenvalue weighted by atomic mass is 9.89. The van der Waals surface area contributed by atoms with Crippen LogP contribution in [0.3, 0.4) is 0 Å². The summed E-state index contributed by atoms with van der Waals surface area (Å²) in [5.41, 5.74) is 1.17. The van der Waals surface area contributed by atoms with Crippen LogP contribution in [0.5, 0.6) is 0 Å². The monoisotopic (exact) mass is 273 g/mol. The van der Waals surface area contributed by atoms with Crippen molar-refractivity contribution >= 4 is 23.2 Å². The van der Waals surface area contributed by atoms with Gasteiger partial charge in [-0.1, -0.05) is 29.3 Å². The summed E-state index contributed by atoms with van der Waals surface area (Å²) < 4.78 is 5.52. The van der Waals surface area contributed by atoms with Gasteiger partial charge in [-0.05, 0) is 37.5 Å². The topological polar surface area (TPSA) is 21.3 Å². The van der Waals surface area contributed by atoms with Crippen LogP contribution < -0.4 is 5.32 Å². The molecule has 17 heavy (non-hydrogen) atoms. The number of halogens is 2. The van der Waals surface area contributed by atoms with E-state index in [1.54, 1.807) is 0 Å². The zero-order valence-electron chi connectivity index (χ0n) is 9.88. The molecule has 1 aliphatic carbocycles. The maximum atomic E-state index is 5.96. The van der Waals surface area contributed by atoms with Crippen LogP contribution in [0.1, 0.15) is 25.3 Å². The summed E-state index contributed by atoms with van der Waals surface area (Å²) in [6, 6.07) is 6.32. The second-order valence-electron chi connectivity index (χ2n) is 4.38. The first kappa shape index (κ1) is 13.2. The molecule has 0 unspecified atom stereocenters. The van der Waals surface area contributed by atoms with Crippen LogP contribution in [0, 0.1) is 0 Å². The normalized spacial score (nSPS) is 23.5. The number of hydrogen-bond donors (Lipinski definition) is 1. The molecule has 1 fully saturated rings. The summed E-state index contributed by atoms with van der Waals surface area (Å²) >= 11 is 11.8. The minimum absolute atomic E-state index is 0.450. The second-order valence-corrected chi connectivity index (χ2v) is 5.19. The Hall–Kier alpha value is -0.280. The van der Waals surface area contributed by atoms with E-state index in [1.807, 2.05) is 25.1 Å². The lowest BCUT2D eigenvalue weighted by Crippen LogP contribution is -2.45. The van der Waals surface area contributed by atoms with Gasteiger partial charge < -0.3 is 10.1 Å². The van der Waals surface area contributed by atoms with Crippen molar-refractivity contribution in [2.24, 2.45) is 0 Å². The third-order valence-electron chi connectivity index (χ3n) is 3.08. The molecule has 0 spiro atoms. The number of ether oxygens (including phenoxy) is 1. The molecule has 0 heterocycles. The predicted octanol–water partition coefficient (Wildman–Crippen LogP) is 3.65. The predicted molar refractivity (Wildman–Crippen MR) is 71.7 cm³/mol. The van der Waals surface area contributed by atoms with E-state index in [4.69, 9.17) is 27.9 Å². The summed E-state index contributed by atoms with van der Waals surface area (Å²) in [4.78, 5) is 0. The minimum Gasteiger partial charge on any atom is -0.378 e. The fourth-order valence-electron chi connectivity index (χ4n) is 2.02. The van der Waals surface area contributed by atoms with Gasteiger partial charge in [0.2, 0.25) is 0 Å².